The molecule has 0 aromatic heterocycles. The SMILES string of the molecule is CCc1cccc(C)c1Nc1cc(N)ccc1C(=O)O. The van der Waals surface area contributed by atoms with Gasteiger partial charge in [-0.1, -0.05) is 25.1 Å². The fraction of sp³-hybridized carbons (Fsp3) is 0.188. The number of para-hydroxylation sites is 1. The summed E-state index contributed by atoms with van der Waals surface area (Å²) in [6.07, 6.45) is 0.870. The number of anilines is 3. The number of aryl methyl sites for hydroxylation is 2. The van der Waals surface area contributed by atoms with Crippen LogP contribution in [0.2, 0.25) is 0 Å². The molecule has 2 rings (SSSR count). The number of hydrogen-bond acceptors (Lipinski definition) is 3. The van der Waals surface area contributed by atoms with Gasteiger partial charge in [0, 0.05) is 11.4 Å². The van der Waals surface area contributed by atoms with Crippen LogP contribution in [0.5, 0.6) is 0 Å². The molecule has 0 aliphatic heterocycles. The number of nitrogen functional groups attached to an aromatic ring is 1. The lowest BCUT2D eigenvalue weighted by Crippen LogP contribution is -2.05. The molecule has 0 atom stereocenters. The lowest BCUT2D eigenvalue weighted by molar-refractivity contribution is 0.0698. The Bertz CT molecular complexity index is 651. The maximum Gasteiger partial charge on any atom is 0.337 e. The Hall–Kier alpha value is -2.49. The van der Waals surface area contributed by atoms with Gasteiger partial charge in [0.2, 0.25) is 0 Å². The fourth-order valence-electron chi connectivity index (χ4n) is 2.19. The minimum atomic E-state index is -0.973. The first-order valence-corrected chi connectivity index (χ1v) is 6.51. The zero-order valence-electron chi connectivity index (χ0n) is 11.6. The summed E-state index contributed by atoms with van der Waals surface area (Å²) in [5, 5.41) is 12.5. The smallest absolute Gasteiger partial charge is 0.337 e. The zero-order valence-corrected chi connectivity index (χ0v) is 11.6. The monoisotopic (exact) mass is 270 g/mol. The van der Waals surface area contributed by atoms with Crippen LogP contribution in [0.25, 0.3) is 0 Å². The summed E-state index contributed by atoms with van der Waals surface area (Å²) in [6, 6.07) is 10.8. The van der Waals surface area contributed by atoms with Gasteiger partial charge in [0.05, 0.1) is 11.3 Å². The van der Waals surface area contributed by atoms with E-state index < -0.39 is 5.97 Å². The van der Waals surface area contributed by atoms with Crippen LogP contribution in [-0.4, -0.2) is 11.1 Å². The van der Waals surface area contributed by atoms with Gasteiger partial charge in [0.1, 0.15) is 0 Å². The predicted molar refractivity (Wildman–Crippen MR) is 81.7 cm³/mol. The van der Waals surface area contributed by atoms with Gasteiger partial charge in [-0.3, -0.25) is 0 Å². The van der Waals surface area contributed by atoms with Crippen molar-refractivity contribution in [1.82, 2.24) is 0 Å². The van der Waals surface area contributed by atoms with Gasteiger partial charge in [-0.2, -0.15) is 0 Å². The highest BCUT2D eigenvalue weighted by Gasteiger charge is 2.12. The van der Waals surface area contributed by atoms with Crippen molar-refractivity contribution < 1.29 is 9.90 Å². The predicted octanol–water partition coefficient (Wildman–Crippen LogP) is 3.58. The lowest BCUT2D eigenvalue weighted by Gasteiger charge is -2.16. The van der Waals surface area contributed by atoms with Gasteiger partial charge in [-0.25, -0.2) is 4.79 Å². The van der Waals surface area contributed by atoms with Crippen molar-refractivity contribution in [2.75, 3.05) is 11.1 Å². The van der Waals surface area contributed by atoms with Crippen LogP contribution in [0.1, 0.15) is 28.4 Å². The minimum Gasteiger partial charge on any atom is -0.478 e. The molecule has 104 valence electrons. The van der Waals surface area contributed by atoms with E-state index in [1.807, 2.05) is 25.1 Å². The number of rotatable bonds is 4. The van der Waals surface area contributed by atoms with Crippen LogP contribution in [0.3, 0.4) is 0 Å². The van der Waals surface area contributed by atoms with E-state index >= 15 is 0 Å². The van der Waals surface area contributed by atoms with Crippen molar-refractivity contribution in [3.05, 3.63) is 53.1 Å². The molecule has 0 unspecified atom stereocenters. The molecule has 4 N–H and O–H groups in total. The van der Waals surface area contributed by atoms with Crippen LogP contribution in [0.4, 0.5) is 17.1 Å². The molecule has 0 saturated heterocycles. The summed E-state index contributed by atoms with van der Waals surface area (Å²) in [6.45, 7) is 4.06. The molecule has 0 spiro atoms. The maximum absolute atomic E-state index is 11.3. The van der Waals surface area contributed by atoms with Crippen molar-refractivity contribution >= 4 is 23.0 Å². The summed E-state index contributed by atoms with van der Waals surface area (Å²) in [7, 11) is 0. The standard InChI is InChI=1S/C16H18N2O2/c1-3-11-6-4-5-10(2)15(11)18-14-9-12(17)7-8-13(14)16(19)20/h4-9,18H,3,17H2,1-2H3,(H,19,20). The van der Waals surface area contributed by atoms with Crippen molar-refractivity contribution in [3.63, 3.8) is 0 Å². The van der Waals surface area contributed by atoms with E-state index in [9.17, 15) is 9.90 Å². The number of benzene rings is 2. The second-order valence-corrected chi connectivity index (χ2v) is 4.70. The van der Waals surface area contributed by atoms with Crippen LogP contribution >= 0.6 is 0 Å². The van der Waals surface area contributed by atoms with Crippen LogP contribution in [-0.2, 0) is 6.42 Å². The van der Waals surface area contributed by atoms with E-state index in [2.05, 4.69) is 12.2 Å². The highest BCUT2D eigenvalue weighted by Crippen LogP contribution is 2.28. The van der Waals surface area contributed by atoms with Crippen molar-refractivity contribution in [2.45, 2.75) is 20.3 Å². The second-order valence-electron chi connectivity index (χ2n) is 4.70. The Morgan fingerprint density at radius 2 is 2.05 bits per heavy atom. The number of hydrogen-bond donors (Lipinski definition) is 3. The molecule has 0 aliphatic carbocycles. The molecule has 0 aliphatic rings. The molecule has 0 fully saturated rings. The summed E-state index contributed by atoms with van der Waals surface area (Å²) in [5.74, 6) is -0.973. The van der Waals surface area contributed by atoms with Crippen LogP contribution in [0, 0.1) is 6.92 Å². The van der Waals surface area contributed by atoms with E-state index in [4.69, 9.17) is 5.73 Å². The Morgan fingerprint density at radius 3 is 2.70 bits per heavy atom. The third kappa shape index (κ3) is 2.74. The molecule has 0 saturated carbocycles. The van der Waals surface area contributed by atoms with Crippen LogP contribution < -0.4 is 11.1 Å². The number of nitrogens with two attached hydrogens (primary N) is 1. The molecule has 4 heteroatoms. The molecular formula is C16H18N2O2. The quantitative estimate of drug-likeness (QED) is 0.742. The molecule has 2 aromatic rings. The second kappa shape index (κ2) is 5.65. The topological polar surface area (TPSA) is 75.3 Å². The number of nitrogens with one attached hydrogen (secondary N) is 1. The van der Waals surface area contributed by atoms with E-state index in [-0.39, 0.29) is 5.56 Å². The van der Waals surface area contributed by atoms with Gasteiger partial charge >= 0.3 is 5.97 Å². The third-order valence-corrected chi connectivity index (χ3v) is 3.27. The molecule has 2 aromatic carbocycles. The summed E-state index contributed by atoms with van der Waals surface area (Å²) >= 11 is 0. The van der Waals surface area contributed by atoms with Gasteiger partial charge in [0.15, 0.2) is 0 Å². The molecular weight excluding hydrogens is 252 g/mol. The van der Waals surface area contributed by atoms with E-state index in [0.717, 1.165) is 23.2 Å². The Labute approximate surface area is 118 Å². The summed E-state index contributed by atoms with van der Waals surface area (Å²) in [5.41, 5.74) is 10.2. The first-order valence-electron chi connectivity index (χ1n) is 6.51. The van der Waals surface area contributed by atoms with Gasteiger partial charge in [0.25, 0.3) is 0 Å². The molecule has 0 amide bonds. The fourth-order valence-corrected chi connectivity index (χ4v) is 2.19. The number of carboxylic acid groups (broad SMARTS) is 1. The highest BCUT2D eigenvalue weighted by atomic mass is 16.4. The first-order chi connectivity index (χ1) is 9.52. The molecule has 4 nitrogen and oxygen atoms in total. The Morgan fingerprint density at radius 1 is 1.30 bits per heavy atom. The van der Waals surface area contributed by atoms with Crippen LogP contribution in [0.15, 0.2) is 36.4 Å². The highest BCUT2D eigenvalue weighted by molar-refractivity contribution is 5.96. The van der Waals surface area contributed by atoms with E-state index in [1.165, 1.54) is 6.07 Å². The largest absolute Gasteiger partial charge is 0.478 e. The van der Waals surface area contributed by atoms with Crippen molar-refractivity contribution in [1.29, 1.82) is 0 Å². The Balaban J connectivity index is 2.50. The lowest BCUT2D eigenvalue weighted by atomic mass is 10.0. The van der Waals surface area contributed by atoms with Gasteiger partial charge in [-0.05, 0) is 42.7 Å². The van der Waals surface area contributed by atoms with E-state index in [1.54, 1.807) is 12.1 Å². The molecule has 20 heavy (non-hydrogen) atoms. The molecule has 0 radical (unpaired) electrons. The Kier molecular flexibility index (Phi) is 3.94. The van der Waals surface area contributed by atoms with E-state index in [0.29, 0.717) is 11.4 Å². The van der Waals surface area contributed by atoms with Crippen molar-refractivity contribution in [2.24, 2.45) is 0 Å². The third-order valence-electron chi connectivity index (χ3n) is 3.27. The minimum absolute atomic E-state index is 0.213. The summed E-state index contributed by atoms with van der Waals surface area (Å²) in [4.78, 5) is 11.3. The number of carboxylic acids is 1. The average molecular weight is 270 g/mol. The first kappa shape index (κ1) is 13.9. The summed E-state index contributed by atoms with van der Waals surface area (Å²) < 4.78 is 0. The average Bonchev–Trinajstić information content (AvgIpc) is 2.40. The molecule has 0 heterocycles. The number of carbonyl (C=O) groups is 1. The zero-order chi connectivity index (χ0) is 14.7. The normalized spacial score (nSPS) is 10.3. The van der Waals surface area contributed by atoms with Gasteiger partial charge in [-0.15, -0.1) is 0 Å². The maximum atomic E-state index is 11.3. The van der Waals surface area contributed by atoms with Crippen molar-refractivity contribution in [3.8, 4) is 0 Å². The molecule has 0 bridgehead atoms. The van der Waals surface area contributed by atoms with Gasteiger partial charge < -0.3 is 16.2 Å². The number of aromatic carboxylic acids is 1.